The average Bonchev–Trinajstić information content (AvgIpc) is 3.26. The number of hydrogen-bond donors (Lipinski definition) is 1. The molecule has 0 aliphatic carbocycles. The zero-order chi connectivity index (χ0) is 21.4. The first-order valence-electron chi connectivity index (χ1n) is 10.6. The molecule has 1 aromatic heterocycles. The van der Waals surface area contributed by atoms with Gasteiger partial charge in [-0.15, -0.1) is 0 Å². The van der Waals surface area contributed by atoms with E-state index in [1.54, 1.807) is 11.1 Å². The van der Waals surface area contributed by atoms with Crippen molar-refractivity contribution in [3.8, 4) is 11.5 Å². The van der Waals surface area contributed by atoms with Gasteiger partial charge in [0.1, 0.15) is 6.61 Å². The highest BCUT2D eigenvalue weighted by Crippen LogP contribution is 2.31. The van der Waals surface area contributed by atoms with Gasteiger partial charge in [0.05, 0.1) is 6.04 Å². The van der Waals surface area contributed by atoms with Crippen LogP contribution in [-0.2, 0) is 4.79 Å². The molecule has 5 rings (SSSR count). The Morgan fingerprint density at radius 3 is 2.52 bits per heavy atom. The maximum atomic E-state index is 13.1. The highest BCUT2D eigenvalue weighted by molar-refractivity contribution is 6.10. The lowest BCUT2D eigenvalue weighted by molar-refractivity contribution is -0.143. The van der Waals surface area contributed by atoms with Gasteiger partial charge >= 0.3 is 0 Å². The molecule has 1 saturated heterocycles. The van der Waals surface area contributed by atoms with E-state index in [0.717, 1.165) is 10.9 Å². The predicted molar refractivity (Wildman–Crippen MR) is 117 cm³/mol. The lowest BCUT2D eigenvalue weighted by Gasteiger charge is -2.39. The van der Waals surface area contributed by atoms with E-state index < -0.39 is 6.10 Å². The fourth-order valence-corrected chi connectivity index (χ4v) is 4.34. The summed E-state index contributed by atoms with van der Waals surface area (Å²) < 4.78 is 11.5. The van der Waals surface area contributed by atoms with Crippen LogP contribution in [0.25, 0.3) is 10.9 Å². The third-order valence-corrected chi connectivity index (χ3v) is 6.19. The first-order chi connectivity index (χ1) is 15.1. The van der Waals surface area contributed by atoms with Gasteiger partial charge in [-0.05, 0) is 25.1 Å². The number of carbonyl (C=O) groups excluding carboxylic acids is 2. The summed E-state index contributed by atoms with van der Waals surface area (Å²) in [5.41, 5.74) is 1.68. The van der Waals surface area contributed by atoms with Crippen LogP contribution in [0.1, 0.15) is 17.3 Å². The van der Waals surface area contributed by atoms with Gasteiger partial charge in [-0.3, -0.25) is 14.5 Å². The number of ketones is 1. The third kappa shape index (κ3) is 3.65. The Morgan fingerprint density at radius 1 is 1.00 bits per heavy atom. The molecule has 2 atom stereocenters. The lowest BCUT2D eigenvalue weighted by Crippen LogP contribution is -2.56. The van der Waals surface area contributed by atoms with Crippen molar-refractivity contribution in [3.63, 3.8) is 0 Å². The quantitative estimate of drug-likeness (QED) is 0.659. The second-order valence-electron chi connectivity index (χ2n) is 8.01. The number of rotatable bonds is 4. The first-order valence-corrected chi connectivity index (χ1v) is 10.6. The SMILES string of the molecule is C[C@H](C(=O)c1c[nH]c2ccccc12)N1CCN(C(=O)[C@@H]2COc3ccccc3O2)CC1. The summed E-state index contributed by atoms with van der Waals surface area (Å²) in [6, 6.07) is 15.0. The van der Waals surface area contributed by atoms with Crippen LogP contribution in [0.5, 0.6) is 11.5 Å². The molecule has 31 heavy (non-hydrogen) atoms. The van der Waals surface area contributed by atoms with Gasteiger partial charge in [0.15, 0.2) is 17.3 Å². The van der Waals surface area contributed by atoms with Gasteiger partial charge < -0.3 is 19.4 Å². The number of aromatic nitrogens is 1. The van der Waals surface area contributed by atoms with E-state index in [9.17, 15) is 9.59 Å². The highest BCUT2D eigenvalue weighted by Gasteiger charge is 2.34. The third-order valence-electron chi connectivity index (χ3n) is 6.19. The number of aromatic amines is 1. The van der Waals surface area contributed by atoms with Crippen molar-refractivity contribution >= 4 is 22.6 Å². The molecule has 2 aromatic carbocycles. The van der Waals surface area contributed by atoms with E-state index in [1.165, 1.54) is 0 Å². The minimum absolute atomic E-state index is 0.0650. The van der Waals surface area contributed by atoms with Crippen molar-refractivity contribution in [1.29, 1.82) is 0 Å². The Kier molecular flexibility index (Phi) is 5.11. The number of para-hydroxylation sites is 3. The number of piperazine rings is 1. The molecule has 1 amide bonds. The largest absolute Gasteiger partial charge is 0.485 e. The van der Waals surface area contributed by atoms with E-state index in [1.807, 2.05) is 55.5 Å². The molecular weight excluding hydrogens is 394 g/mol. The van der Waals surface area contributed by atoms with Crippen LogP contribution in [0.15, 0.2) is 54.7 Å². The molecule has 7 heteroatoms. The van der Waals surface area contributed by atoms with E-state index in [4.69, 9.17) is 9.47 Å². The van der Waals surface area contributed by atoms with Crippen LogP contribution in [-0.4, -0.2) is 71.4 Å². The topological polar surface area (TPSA) is 74.9 Å². The van der Waals surface area contributed by atoms with Gasteiger partial charge in [0.2, 0.25) is 6.10 Å². The normalized spacial score (nSPS) is 19.9. The minimum atomic E-state index is -0.633. The maximum absolute atomic E-state index is 13.1. The average molecular weight is 419 g/mol. The molecule has 2 aliphatic heterocycles. The Bertz CT molecular complexity index is 1120. The molecule has 0 spiro atoms. The number of Topliss-reactive ketones (excluding diaryl/α,β-unsaturated/α-hetero) is 1. The molecule has 0 unspecified atom stereocenters. The van der Waals surface area contributed by atoms with Crippen LogP contribution in [0.2, 0.25) is 0 Å². The van der Waals surface area contributed by atoms with Gasteiger partial charge in [-0.2, -0.15) is 0 Å². The molecule has 7 nitrogen and oxygen atoms in total. The minimum Gasteiger partial charge on any atom is -0.485 e. The van der Waals surface area contributed by atoms with E-state index >= 15 is 0 Å². The number of nitrogens with one attached hydrogen (secondary N) is 1. The fourth-order valence-electron chi connectivity index (χ4n) is 4.34. The summed E-state index contributed by atoms with van der Waals surface area (Å²) in [6.45, 7) is 4.57. The molecule has 0 saturated carbocycles. The molecule has 0 bridgehead atoms. The number of benzene rings is 2. The molecule has 2 aliphatic rings. The van der Waals surface area contributed by atoms with Crippen molar-refractivity contribution in [2.24, 2.45) is 0 Å². The van der Waals surface area contributed by atoms with Crippen molar-refractivity contribution in [3.05, 3.63) is 60.3 Å². The zero-order valence-corrected chi connectivity index (χ0v) is 17.4. The maximum Gasteiger partial charge on any atom is 0.267 e. The number of ether oxygens (including phenoxy) is 2. The number of fused-ring (bicyclic) bond motifs is 2. The second-order valence-corrected chi connectivity index (χ2v) is 8.01. The van der Waals surface area contributed by atoms with Crippen LogP contribution in [0.4, 0.5) is 0 Å². The molecular formula is C24H25N3O4. The number of amides is 1. The van der Waals surface area contributed by atoms with E-state index in [0.29, 0.717) is 43.2 Å². The summed E-state index contributed by atoms with van der Waals surface area (Å²) in [4.78, 5) is 33.2. The smallest absolute Gasteiger partial charge is 0.267 e. The van der Waals surface area contributed by atoms with Crippen molar-refractivity contribution < 1.29 is 19.1 Å². The standard InChI is InChI=1S/C24H25N3O4/c1-16(23(28)18-14-25-19-7-3-2-6-17(18)19)26-10-12-27(13-11-26)24(29)22-15-30-20-8-4-5-9-21(20)31-22/h2-9,14,16,22,25H,10-13,15H2,1H3/t16-,22+/m1/s1. The van der Waals surface area contributed by atoms with Crippen LogP contribution >= 0.6 is 0 Å². The van der Waals surface area contributed by atoms with Gasteiger partial charge in [0, 0.05) is 48.8 Å². The predicted octanol–water partition coefficient (Wildman–Crippen LogP) is 2.72. The number of nitrogens with zero attached hydrogens (tertiary/aromatic N) is 2. The van der Waals surface area contributed by atoms with Gasteiger partial charge in [-0.25, -0.2) is 0 Å². The number of H-pyrrole nitrogens is 1. The summed E-state index contributed by atoms with van der Waals surface area (Å²) in [7, 11) is 0. The number of hydrogen-bond acceptors (Lipinski definition) is 5. The van der Waals surface area contributed by atoms with Gasteiger partial charge in [0.25, 0.3) is 5.91 Å². The Balaban J connectivity index is 1.20. The molecule has 160 valence electrons. The Hall–Kier alpha value is -3.32. The fraction of sp³-hybridized carbons (Fsp3) is 0.333. The van der Waals surface area contributed by atoms with Crippen molar-refractivity contribution in [1.82, 2.24) is 14.8 Å². The number of carbonyl (C=O) groups is 2. The molecule has 0 radical (unpaired) electrons. The summed E-state index contributed by atoms with van der Waals surface area (Å²) in [5, 5.41) is 0.947. The Labute approximate surface area is 180 Å². The highest BCUT2D eigenvalue weighted by atomic mass is 16.6. The summed E-state index contributed by atoms with van der Waals surface area (Å²) >= 11 is 0. The van der Waals surface area contributed by atoms with Crippen LogP contribution in [0.3, 0.4) is 0 Å². The first kappa shape index (κ1) is 19.6. The van der Waals surface area contributed by atoms with E-state index in [2.05, 4.69) is 9.88 Å². The van der Waals surface area contributed by atoms with Crippen LogP contribution < -0.4 is 9.47 Å². The second kappa shape index (κ2) is 8.07. The van der Waals surface area contributed by atoms with Crippen molar-refractivity contribution in [2.75, 3.05) is 32.8 Å². The van der Waals surface area contributed by atoms with Crippen molar-refractivity contribution in [2.45, 2.75) is 19.1 Å². The summed E-state index contributed by atoms with van der Waals surface area (Å²) in [6.07, 6.45) is 1.16. The van der Waals surface area contributed by atoms with Crippen LogP contribution in [0, 0.1) is 0 Å². The molecule has 3 heterocycles. The van der Waals surface area contributed by atoms with Gasteiger partial charge in [-0.1, -0.05) is 30.3 Å². The monoisotopic (exact) mass is 419 g/mol. The molecule has 1 fully saturated rings. The molecule has 3 aromatic rings. The van der Waals surface area contributed by atoms with E-state index in [-0.39, 0.29) is 24.3 Å². The Morgan fingerprint density at radius 2 is 1.71 bits per heavy atom. The molecule has 1 N–H and O–H groups in total. The summed E-state index contributed by atoms with van der Waals surface area (Å²) in [5.74, 6) is 1.30. The lowest BCUT2D eigenvalue weighted by atomic mass is 10.0. The zero-order valence-electron chi connectivity index (χ0n) is 17.4.